The number of para-hydroxylation sites is 1. The average Bonchev–Trinajstić information content (AvgIpc) is 2.67. The van der Waals surface area contributed by atoms with E-state index in [2.05, 4.69) is 30.1 Å². The van der Waals surface area contributed by atoms with Crippen molar-refractivity contribution >= 4 is 29.9 Å². The molecule has 0 bridgehead atoms. The van der Waals surface area contributed by atoms with Crippen molar-refractivity contribution in [2.45, 2.75) is 25.9 Å². The second-order valence-electron chi connectivity index (χ2n) is 5.67. The highest BCUT2D eigenvalue weighted by atomic mass is 127. The molecular weight excluding hydrogens is 526 g/mol. The number of pyridine rings is 1. The van der Waals surface area contributed by atoms with Crippen LogP contribution in [0.3, 0.4) is 0 Å². The van der Waals surface area contributed by atoms with Gasteiger partial charge in [-0.2, -0.15) is 22.0 Å². The number of rotatable bonds is 8. The fraction of sp³-hybridized carbons (Fsp3) is 0.333. The van der Waals surface area contributed by atoms with E-state index < -0.39 is 19.4 Å². The number of benzene rings is 1. The molecule has 2 N–H and O–H groups in total. The second kappa shape index (κ2) is 12.3. The molecule has 0 spiro atoms. The van der Waals surface area contributed by atoms with Crippen LogP contribution < -0.4 is 20.1 Å². The maximum absolute atomic E-state index is 12.5. The molecule has 2 rings (SSSR count). The summed E-state index contributed by atoms with van der Waals surface area (Å²) in [6, 6.07) is 9.25. The number of hydrogen-bond donors (Lipinski definition) is 2. The number of halogens is 6. The number of nitrogens with one attached hydrogen (secondary N) is 2. The van der Waals surface area contributed by atoms with Crippen molar-refractivity contribution in [2.24, 2.45) is 4.99 Å². The maximum atomic E-state index is 12.5. The van der Waals surface area contributed by atoms with E-state index in [1.165, 1.54) is 25.4 Å². The molecule has 166 valence electrons. The molecule has 1 aromatic heterocycles. The zero-order valence-electron chi connectivity index (χ0n) is 15.7. The molecule has 0 saturated heterocycles. The van der Waals surface area contributed by atoms with Gasteiger partial charge in [0, 0.05) is 38.0 Å². The Labute approximate surface area is 186 Å². The van der Waals surface area contributed by atoms with Gasteiger partial charge in [-0.05, 0) is 11.6 Å². The molecule has 1 aromatic carbocycles. The molecule has 12 heteroatoms. The van der Waals surface area contributed by atoms with Crippen LogP contribution >= 0.6 is 24.0 Å². The number of ether oxygens (including phenoxy) is 2. The van der Waals surface area contributed by atoms with Crippen molar-refractivity contribution in [1.29, 1.82) is 0 Å². The third kappa shape index (κ3) is 9.41. The first-order chi connectivity index (χ1) is 13.8. The van der Waals surface area contributed by atoms with E-state index in [1.54, 1.807) is 24.3 Å². The summed E-state index contributed by atoms with van der Waals surface area (Å²) in [6.45, 7) is -3.87. The van der Waals surface area contributed by atoms with Crippen molar-refractivity contribution < 1.29 is 31.4 Å². The first-order valence-electron chi connectivity index (χ1n) is 8.38. The van der Waals surface area contributed by atoms with Crippen LogP contribution in [0.1, 0.15) is 11.1 Å². The van der Waals surface area contributed by atoms with Crippen LogP contribution in [0.5, 0.6) is 11.6 Å². The predicted octanol–water partition coefficient (Wildman–Crippen LogP) is 4.11. The normalized spacial score (nSPS) is 11.6. The quantitative estimate of drug-likeness (QED) is 0.226. The van der Waals surface area contributed by atoms with Crippen molar-refractivity contribution in [3.63, 3.8) is 0 Å². The van der Waals surface area contributed by atoms with Crippen LogP contribution in [0.4, 0.5) is 22.0 Å². The Morgan fingerprint density at radius 3 is 2.40 bits per heavy atom. The zero-order chi connectivity index (χ0) is 21.3. The highest BCUT2D eigenvalue weighted by Crippen LogP contribution is 2.20. The van der Waals surface area contributed by atoms with Crippen LogP contribution in [0.15, 0.2) is 47.6 Å². The number of alkyl halides is 5. The van der Waals surface area contributed by atoms with E-state index in [0.29, 0.717) is 17.1 Å². The molecular formula is C18H20F5IN4O2. The Morgan fingerprint density at radius 1 is 1.10 bits per heavy atom. The molecule has 0 radical (unpaired) electrons. The second-order valence-corrected chi connectivity index (χ2v) is 5.67. The summed E-state index contributed by atoms with van der Waals surface area (Å²) in [5.74, 6) is 0.308. The van der Waals surface area contributed by atoms with Crippen LogP contribution in [0, 0.1) is 0 Å². The average molecular weight is 546 g/mol. The molecule has 6 nitrogen and oxygen atoms in total. The maximum Gasteiger partial charge on any atom is 0.422 e. The Hall–Kier alpha value is -2.38. The summed E-state index contributed by atoms with van der Waals surface area (Å²) in [5.41, 5.74) is 1.19. The Balaban J connectivity index is 0.00000450. The summed E-state index contributed by atoms with van der Waals surface area (Å²) >= 11 is 0. The summed E-state index contributed by atoms with van der Waals surface area (Å²) in [5, 5.41) is 5.94. The SMILES string of the molecule is CN=C(NCc1ccc(OCC(F)(F)F)nc1)NCc1ccccc1OC(F)F.I. The fourth-order valence-corrected chi connectivity index (χ4v) is 2.20. The van der Waals surface area contributed by atoms with Gasteiger partial charge in [0.1, 0.15) is 5.75 Å². The van der Waals surface area contributed by atoms with Crippen molar-refractivity contribution in [3.05, 3.63) is 53.7 Å². The van der Waals surface area contributed by atoms with E-state index in [4.69, 9.17) is 0 Å². The van der Waals surface area contributed by atoms with Gasteiger partial charge in [-0.15, -0.1) is 24.0 Å². The molecule has 0 saturated carbocycles. The van der Waals surface area contributed by atoms with Crippen molar-refractivity contribution in [2.75, 3.05) is 13.7 Å². The van der Waals surface area contributed by atoms with E-state index in [0.717, 1.165) is 0 Å². The molecule has 0 aliphatic heterocycles. The van der Waals surface area contributed by atoms with Gasteiger partial charge in [0.25, 0.3) is 0 Å². The highest BCUT2D eigenvalue weighted by molar-refractivity contribution is 14.0. The first-order valence-corrected chi connectivity index (χ1v) is 8.38. The number of aliphatic imine (C=N–C) groups is 1. The molecule has 0 fully saturated rings. The molecule has 0 atom stereocenters. The third-order valence-electron chi connectivity index (χ3n) is 3.50. The monoisotopic (exact) mass is 546 g/mol. The van der Waals surface area contributed by atoms with Gasteiger partial charge in [-0.3, -0.25) is 4.99 Å². The van der Waals surface area contributed by atoms with Crippen LogP contribution in [0.25, 0.3) is 0 Å². The fourth-order valence-electron chi connectivity index (χ4n) is 2.20. The molecule has 0 aliphatic carbocycles. The van der Waals surface area contributed by atoms with Gasteiger partial charge in [0.05, 0.1) is 0 Å². The smallest absolute Gasteiger partial charge is 0.422 e. The lowest BCUT2D eigenvalue weighted by atomic mass is 10.2. The summed E-state index contributed by atoms with van der Waals surface area (Å²) < 4.78 is 70.3. The van der Waals surface area contributed by atoms with E-state index >= 15 is 0 Å². The molecule has 30 heavy (non-hydrogen) atoms. The Morgan fingerprint density at radius 2 is 1.80 bits per heavy atom. The summed E-state index contributed by atoms with van der Waals surface area (Å²) in [6.07, 6.45) is -3.06. The zero-order valence-corrected chi connectivity index (χ0v) is 18.1. The van der Waals surface area contributed by atoms with Gasteiger partial charge in [0.15, 0.2) is 12.6 Å². The molecule has 2 aromatic rings. The van der Waals surface area contributed by atoms with Crippen LogP contribution in [0.2, 0.25) is 0 Å². The van der Waals surface area contributed by atoms with Crippen LogP contribution in [-0.2, 0) is 13.1 Å². The summed E-state index contributed by atoms with van der Waals surface area (Å²) in [7, 11) is 1.53. The predicted molar refractivity (Wildman–Crippen MR) is 111 cm³/mol. The Bertz CT molecular complexity index is 804. The number of nitrogens with zero attached hydrogens (tertiary/aromatic N) is 2. The van der Waals surface area contributed by atoms with E-state index in [9.17, 15) is 22.0 Å². The molecule has 1 heterocycles. The third-order valence-corrected chi connectivity index (χ3v) is 3.50. The standard InChI is InChI=1S/C18H19F5N4O2.HI/c1-24-17(27-10-13-4-2-3-5-14(13)29-16(19)20)26-9-12-6-7-15(25-8-12)28-11-18(21,22)23;/h2-8,16H,9-11H2,1H3,(H2,24,26,27);1H. The van der Waals surface area contributed by atoms with E-state index in [1.807, 2.05) is 0 Å². The molecule has 0 amide bonds. The van der Waals surface area contributed by atoms with Crippen molar-refractivity contribution in [1.82, 2.24) is 15.6 Å². The Kier molecular flexibility index (Phi) is 10.6. The number of hydrogen-bond acceptors (Lipinski definition) is 4. The van der Waals surface area contributed by atoms with Crippen molar-refractivity contribution in [3.8, 4) is 11.6 Å². The molecule has 0 unspecified atom stereocenters. The minimum atomic E-state index is -4.43. The molecule has 0 aliphatic rings. The topological polar surface area (TPSA) is 67.8 Å². The largest absolute Gasteiger partial charge is 0.468 e. The van der Waals surface area contributed by atoms with Gasteiger partial charge >= 0.3 is 12.8 Å². The summed E-state index contributed by atoms with van der Waals surface area (Å²) in [4.78, 5) is 7.83. The van der Waals surface area contributed by atoms with Gasteiger partial charge in [-0.1, -0.05) is 24.3 Å². The first kappa shape index (κ1) is 25.7. The van der Waals surface area contributed by atoms with Crippen LogP contribution in [-0.4, -0.2) is 37.4 Å². The number of aromatic nitrogens is 1. The minimum absolute atomic E-state index is 0. The number of guanidine groups is 1. The lowest BCUT2D eigenvalue weighted by molar-refractivity contribution is -0.154. The highest BCUT2D eigenvalue weighted by Gasteiger charge is 2.28. The van der Waals surface area contributed by atoms with E-state index in [-0.39, 0.29) is 48.7 Å². The lowest BCUT2D eigenvalue weighted by Crippen LogP contribution is -2.36. The lowest BCUT2D eigenvalue weighted by Gasteiger charge is -2.14. The van der Waals surface area contributed by atoms with Gasteiger partial charge in [-0.25, -0.2) is 4.98 Å². The van der Waals surface area contributed by atoms with Gasteiger partial charge in [0.2, 0.25) is 5.88 Å². The van der Waals surface area contributed by atoms with Gasteiger partial charge < -0.3 is 20.1 Å². The minimum Gasteiger partial charge on any atom is -0.468 e.